The molecule has 0 saturated carbocycles. The van der Waals surface area contributed by atoms with Gasteiger partial charge in [0.15, 0.2) is 5.96 Å². The third-order valence-corrected chi connectivity index (χ3v) is 5.74. The lowest BCUT2D eigenvalue weighted by molar-refractivity contribution is 0.274. The molecule has 1 saturated heterocycles. The summed E-state index contributed by atoms with van der Waals surface area (Å²) < 4.78 is 2.01. The Hall–Kier alpha value is -1.65. The van der Waals surface area contributed by atoms with Crippen molar-refractivity contribution in [1.82, 2.24) is 30.2 Å². The van der Waals surface area contributed by atoms with Gasteiger partial charge in [-0.25, -0.2) is 9.67 Å². The highest BCUT2D eigenvalue weighted by Crippen LogP contribution is 2.17. The maximum atomic E-state index is 4.85. The van der Waals surface area contributed by atoms with Gasteiger partial charge in [0, 0.05) is 31.9 Å². The molecule has 0 spiro atoms. The van der Waals surface area contributed by atoms with Crippen LogP contribution >= 0.6 is 24.0 Å². The lowest BCUT2D eigenvalue weighted by Crippen LogP contribution is -2.39. The van der Waals surface area contributed by atoms with E-state index < -0.39 is 0 Å². The van der Waals surface area contributed by atoms with Crippen LogP contribution in [0.2, 0.25) is 0 Å². The predicted octanol–water partition coefficient (Wildman–Crippen LogP) is 3.19. The molecule has 0 radical (unpaired) electrons. The predicted molar refractivity (Wildman–Crippen MR) is 144 cm³/mol. The van der Waals surface area contributed by atoms with E-state index in [1.807, 2.05) is 11.6 Å². The molecule has 0 amide bonds. The number of halogens is 1. The van der Waals surface area contributed by atoms with Gasteiger partial charge in [-0.2, -0.15) is 5.10 Å². The maximum Gasteiger partial charge on any atom is 0.191 e. The van der Waals surface area contributed by atoms with Crippen molar-refractivity contribution in [3.63, 3.8) is 0 Å². The smallest absolute Gasteiger partial charge is 0.191 e. The van der Waals surface area contributed by atoms with Crippen molar-refractivity contribution in [3.8, 4) is 5.69 Å². The number of benzene rings is 1. The van der Waals surface area contributed by atoms with E-state index in [9.17, 15) is 0 Å². The maximum absolute atomic E-state index is 4.85. The SMILES string of the molecule is CCNC(=NCc1ccccc1-n1nc(C)cc1C)NCCCN1CCCN(C)CC1.I. The lowest BCUT2D eigenvalue weighted by atomic mass is 10.2. The molecule has 0 bridgehead atoms. The zero-order chi connectivity index (χ0) is 22.1. The highest BCUT2D eigenvalue weighted by atomic mass is 127. The Morgan fingerprint density at radius 2 is 1.91 bits per heavy atom. The number of likely N-dealkylation sites (N-methyl/N-ethyl adjacent to an activating group) is 1. The molecule has 178 valence electrons. The van der Waals surface area contributed by atoms with E-state index in [-0.39, 0.29) is 24.0 Å². The Kier molecular flexibility index (Phi) is 11.5. The first-order valence-corrected chi connectivity index (χ1v) is 11.6. The van der Waals surface area contributed by atoms with Crippen LogP contribution in [0.25, 0.3) is 5.69 Å². The van der Waals surface area contributed by atoms with Crippen LogP contribution in [-0.4, -0.2) is 78.4 Å². The summed E-state index contributed by atoms with van der Waals surface area (Å²) >= 11 is 0. The van der Waals surface area contributed by atoms with Gasteiger partial charge in [-0.1, -0.05) is 18.2 Å². The molecule has 1 aliphatic rings. The number of nitrogens with one attached hydrogen (secondary N) is 2. The lowest BCUT2D eigenvalue weighted by Gasteiger charge is -2.20. The van der Waals surface area contributed by atoms with E-state index in [1.54, 1.807) is 0 Å². The third kappa shape index (κ3) is 8.04. The van der Waals surface area contributed by atoms with Gasteiger partial charge in [0.2, 0.25) is 0 Å². The molecule has 3 rings (SSSR count). The van der Waals surface area contributed by atoms with Crippen LogP contribution in [0.3, 0.4) is 0 Å². The zero-order valence-corrected chi connectivity index (χ0v) is 22.4. The molecule has 0 aliphatic carbocycles. The minimum absolute atomic E-state index is 0. The standard InChI is InChI=1S/C24H39N7.HI/c1-5-25-24(26-12-8-14-30-15-9-13-29(4)16-17-30)27-19-22-10-6-7-11-23(22)31-21(3)18-20(2)28-31;/h6-7,10-11,18H,5,8-9,12-17,19H2,1-4H3,(H2,25,26,27);1H. The largest absolute Gasteiger partial charge is 0.357 e. The summed E-state index contributed by atoms with van der Waals surface area (Å²) in [7, 11) is 2.22. The van der Waals surface area contributed by atoms with Gasteiger partial charge in [0.05, 0.1) is 17.9 Å². The molecule has 1 aromatic carbocycles. The fourth-order valence-electron chi connectivity index (χ4n) is 4.06. The van der Waals surface area contributed by atoms with E-state index in [0.29, 0.717) is 6.54 Å². The van der Waals surface area contributed by atoms with Crippen molar-refractivity contribution in [1.29, 1.82) is 0 Å². The first-order chi connectivity index (χ1) is 15.1. The van der Waals surface area contributed by atoms with Gasteiger partial charge in [-0.15, -0.1) is 24.0 Å². The molecule has 7 nitrogen and oxygen atoms in total. The van der Waals surface area contributed by atoms with Crippen molar-refractivity contribution in [2.45, 2.75) is 40.2 Å². The number of aromatic nitrogens is 2. The molecule has 32 heavy (non-hydrogen) atoms. The Labute approximate surface area is 210 Å². The molecule has 2 N–H and O–H groups in total. The van der Waals surface area contributed by atoms with Gasteiger partial charge in [-0.3, -0.25) is 0 Å². The summed E-state index contributed by atoms with van der Waals surface area (Å²) in [5.41, 5.74) is 4.43. The average molecular weight is 554 g/mol. The quantitative estimate of drug-likeness (QED) is 0.228. The molecule has 2 aromatic rings. The average Bonchev–Trinajstić information content (AvgIpc) is 2.96. The van der Waals surface area contributed by atoms with Crippen molar-refractivity contribution in [3.05, 3.63) is 47.3 Å². The van der Waals surface area contributed by atoms with Crippen molar-refractivity contribution < 1.29 is 0 Å². The normalized spacial score (nSPS) is 15.8. The summed E-state index contributed by atoms with van der Waals surface area (Å²) in [5, 5.41) is 11.5. The van der Waals surface area contributed by atoms with Crippen LogP contribution < -0.4 is 10.6 Å². The van der Waals surface area contributed by atoms with Crippen LogP contribution in [0.15, 0.2) is 35.3 Å². The number of aryl methyl sites for hydroxylation is 2. The van der Waals surface area contributed by atoms with Crippen molar-refractivity contribution >= 4 is 29.9 Å². The molecule has 1 fully saturated rings. The first kappa shape index (κ1) is 26.6. The Bertz CT molecular complexity index is 849. The molecular weight excluding hydrogens is 513 g/mol. The molecule has 8 heteroatoms. The van der Waals surface area contributed by atoms with Gasteiger partial charge in [-0.05, 0) is 78.0 Å². The van der Waals surface area contributed by atoms with Gasteiger partial charge in [0.1, 0.15) is 0 Å². The number of hydrogen-bond donors (Lipinski definition) is 2. The van der Waals surface area contributed by atoms with Gasteiger partial charge >= 0.3 is 0 Å². The Balaban J connectivity index is 0.00000363. The molecule has 0 unspecified atom stereocenters. The van der Waals surface area contributed by atoms with Gasteiger partial charge < -0.3 is 20.4 Å². The second-order valence-electron chi connectivity index (χ2n) is 8.44. The molecule has 1 aliphatic heterocycles. The highest BCUT2D eigenvalue weighted by molar-refractivity contribution is 14.0. The Morgan fingerprint density at radius 1 is 1.09 bits per heavy atom. The molecule has 0 atom stereocenters. The van der Waals surface area contributed by atoms with Crippen LogP contribution in [0.4, 0.5) is 0 Å². The second kappa shape index (κ2) is 13.8. The molecular formula is C24H40IN7. The van der Waals surface area contributed by atoms with Crippen molar-refractivity contribution in [2.75, 3.05) is 52.9 Å². The van der Waals surface area contributed by atoms with E-state index >= 15 is 0 Å². The number of nitrogens with zero attached hydrogens (tertiary/aromatic N) is 5. The summed E-state index contributed by atoms with van der Waals surface area (Å²) in [6.45, 7) is 14.5. The molecule has 1 aromatic heterocycles. The first-order valence-electron chi connectivity index (χ1n) is 11.6. The van der Waals surface area contributed by atoms with E-state index in [0.717, 1.165) is 49.1 Å². The Morgan fingerprint density at radius 3 is 2.66 bits per heavy atom. The second-order valence-corrected chi connectivity index (χ2v) is 8.44. The fraction of sp³-hybridized carbons (Fsp3) is 0.583. The topological polar surface area (TPSA) is 60.7 Å². The minimum Gasteiger partial charge on any atom is -0.357 e. The van der Waals surface area contributed by atoms with E-state index in [4.69, 9.17) is 4.99 Å². The van der Waals surface area contributed by atoms with E-state index in [1.165, 1.54) is 38.2 Å². The highest BCUT2D eigenvalue weighted by Gasteiger charge is 2.12. The fourth-order valence-corrected chi connectivity index (χ4v) is 4.06. The number of rotatable bonds is 8. The number of para-hydroxylation sites is 1. The van der Waals surface area contributed by atoms with E-state index in [2.05, 4.69) is 76.8 Å². The third-order valence-electron chi connectivity index (χ3n) is 5.74. The summed E-state index contributed by atoms with van der Waals surface area (Å²) in [4.78, 5) is 9.86. The van der Waals surface area contributed by atoms with Crippen LogP contribution in [0.1, 0.15) is 36.7 Å². The summed E-state index contributed by atoms with van der Waals surface area (Å²) in [6.07, 6.45) is 2.39. The zero-order valence-electron chi connectivity index (χ0n) is 20.1. The minimum atomic E-state index is 0. The summed E-state index contributed by atoms with van der Waals surface area (Å²) in [5.74, 6) is 0.876. The molecule has 2 heterocycles. The number of hydrogen-bond acceptors (Lipinski definition) is 4. The van der Waals surface area contributed by atoms with Crippen LogP contribution in [0.5, 0.6) is 0 Å². The van der Waals surface area contributed by atoms with Gasteiger partial charge in [0.25, 0.3) is 0 Å². The van der Waals surface area contributed by atoms with Crippen LogP contribution in [-0.2, 0) is 6.54 Å². The monoisotopic (exact) mass is 553 g/mol. The summed E-state index contributed by atoms with van der Waals surface area (Å²) in [6, 6.07) is 10.5. The van der Waals surface area contributed by atoms with Crippen LogP contribution in [0, 0.1) is 13.8 Å². The number of guanidine groups is 1. The van der Waals surface area contributed by atoms with Crippen molar-refractivity contribution in [2.24, 2.45) is 4.99 Å². The number of aliphatic imine (C=N–C) groups is 1.